The molecule has 2 aromatic rings. The van der Waals surface area contributed by atoms with Crippen molar-refractivity contribution >= 4 is 0 Å². The molecule has 0 saturated carbocycles. The number of nitrogens with zero attached hydrogens (tertiary/aromatic N) is 1. The molecule has 0 unspecified atom stereocenters. The molecule has 0 saturated heterocycles. The summed E-state index contributed by atoms with van der Waals surface area (Å²) in [5, 5.41) is 9.50. The summed E-state index contributed by atoms with van der Waals surface area (Å²) >= 11 is 0. The van der Waals surface area contributed by atoms with Crippen LogP contribution >= 0.6 is 0 Å². The van der Waals surface area contributed by atoms with Gasteiger partial charge in [0.2, 0.25) is 5.88 Å². The van der Waals surface area contributed by atoms with Gasteiger partial charge in [-0.25, -0.2) is 4.98 Å². The molecule has 1 aromatic carbocycles. The highest BCUT2D eigenvalue weighted by Gasteiger charge is 2.20. The molecule has 106 valence electrons. The predicted molar refractivity (Wildman–Crippen MR) is 83.7 cm³/mol. The molecule has 0 fully saturated rings. The fraction of sp³-hybridized carbons (Fsp3) is 0.389. The fourth-order valence-electron chi connectivity index (χ4n) is 2.42. The Bertz CT molecular complexity index is 573. The Morgan fingerprint density at radius 3 is 2.40 bits per heavy atom. The first-order valence-electron chi connectivity index (χ1n) is 7.31. The van der Waals surface area contributed by atoms with Crippen molar-refractivity contribution in [2.45, 2.75) is 40.0 Å². The zero-order valence-electron chi connectivity index (χ0n) is 12.6. The number of pyridine rings is 1. The van der Waals surface area contributed by atoms with E-state index in [9.17, 15) is 5.11 Å². The lowest BCUT2D eigenvalue weighted by molar-refractivity contribution is 0.296. The van der Waals surface area contributed by atoms with Gasteiger partial charge in [-0.05, 0) is 29.5 Å². The molecule has 0 spiro atoms. The van der Waals surface area contributed by atoms with Crippen LogP contribution in [0.4, 0.5) is 0 Å². The Kier molecular flexibility index (Phi) is 4.43. The van der Waals surface area contributed by atoms with Gasteiger partial charge in [-0.1, -0.05) is 57.9 Å². The van der Waals surface area contributed by atoms with Crippen LogP contribution in [0.1, 0.15) is 39.2 Å². The van der Waals surface area contributed by atoms with Gasteiger partial charge in [0.15, 0.2) is 0 Å². The molecule has 0 amide bonds. The normalized spacial score (nSPS) is 11.6. The third-order valence-electron chi connectivity index (χ3n) is 4.30. The first-order valence-corrected chi connectivity index (χ1v) is 7.31. The van der Waals surface area contributed by atoms with Gasteiger partial charge < -0.3 is 5.11 Å². The molecule has 0 aliphatic carbocycles. The molecule has 2 nitrogen and oxygen atoms in total. The lowest BCUT2D eigenvalue weighted by Gasteiger charge is -2.26. The van der Waals surface area contributed by atoms with E-state index in [0.29, 0.717) is 5.41 Å². The summed E-state index contributed by atoms with van der Waals surface area (Å²) in [6.07, 6.45) is 3.43. The zero-order chi connectivity index (χ0) is 14.6. The topological polar surface area (TPSA) is 33.1 Å². The van der Waals surface area contributed by atoms with Crippen molar-refractivity contribution < 1.29 is 5.11 Å². The highest BCUT2D eigenvalue weighted by atomic mass is 16.3. The summed E-state index contributed by atoms with van der Waals surface area (Å²) in [7, 11) is 0. The van der Waals surface area contributed by atoms with Crippen molar-refractivity contribution in [3.8, 4) is 17.1 Å². The molecular weight excluding hydrogens is 246 g/mol. The minimum Gasteiger partial charge on any atom is -0.493 e. The molecule has 0 aliphatic heterocycles. The second-order valence-electron chi connectivity index (χ2n) is 5.78. The van der Waals surface area contributed by atoms with Crippen LogP contribution in [0, 0.1) is 5.41 Å². The molecule has 1 heterocycles. The third-order valence-corrected chi connectivity index (χ3v) is 4.30. The summed E-state index contributed by atoms with van der Waals surface area (Å²) in [6, 6.07) is 13.8. The number of benzene rings is 1. The summed E-state index contributed by atoms with van der Waals surface area (Å²) in [6.45, 7) is 6.85. The maximum absolute atomic E-state index is 9.50. The zero-order valence-corrected chi connectivity index (χ0v) is 12.6. The van der Waals surface area contributed by atoms with Crippen LogP contribution in [0.25, 0.3) is 11.3 Å². The molecule has 0 radical (unpaired) electrons. The van der Waals surface area contributed by atoms with Crippen LogP contribution in [-0.4, -0.2) is 10.1 Å². The second-order valence-corrected chi connectivity index (χ2v) is 5.78. The summed E-state index contributed by atoms with van der Waals surface area (Å²) in [4.78, 5) is 4.18. The minimum absolute atomic E-state index is 0.0693. The minimum atomic E-state index is 0.0693. The van der Waals surface area contributed by atoms with Crippen molar-refractivity contribution in [2.24, 2.45) is 5.41 Å². The number of hydrogen-bond donors (Lipinski definition) is 1. The van der Waals surface area contributed by atoms with E-state index >= 15 is 0 Å². The number of aromatic hydroxyl groups is 1. The Labute approximate surface area is 121 Å². The Morgan fingerprint density at radius 1 is 1.05 bits per heavy atom. The van der Waals surface area contributed by atoms with E-state index in [1.54, 1.807) is 6.07 Å². The van der Waals surface area contributed by atoms with Gasteiger partial charge >= 0.3 is 0 Å². The van der Waals surface area contributed by atoms with Gasteiger partial charge in [0, 0.05) is 11.6 Å². The lowest BCUT2D eigenvalue weighted by atomic mass is 9.79. The van der Waals surface area contributed by atoms with Gasteiger partial charge in [-0.3, -0.25) is 0 Å². The van der Waals surface area contributed by atoms with Crippen LogP contribution in [-0.2, 0) is 6.42 Å². The van der Waals surface area contributed by atoms with Crippen LogP contribution in [0.2, 0.25) is 0 Å². The second kappa shape index (κ2) is 6.08. The van der Waals surface area contributed by atoms with Crippen LogP contribution in [0.3, 0.4) is 0 Å². The average molecular weight is 269 g/mol. The summed E-state index contributed by atoms with van der Waals surface area (Å²) < 4.78 is 0. The van der Waals surface area contributed by atoms with E-state index in [-0.39, 0.29) is 5.88 Å². The molecule has 1 aromatic heterocycles. The third kappa shape index (κ3) is 3.38. The maximum Gasteiger partial charge on any atom is 0.211 e. The van der Waals surface area contributed by atoms with Gasteiger partial charge in [-0.15, -0.1) is 0 Å². The average Bonchev–Trinajstić information content (AvgIpc) is 2.47. The molecule has 2 heteroatoms. The first-order chi connectivity index (χ1) is 9.56. The van der Waals surface area contributed by atoms with Crippen LogP contribution in [0.5, 0.6) is 5.88 Å². The van der Waals surface area contributed by atoms with E-state index in [4.69, 9.17) is 0 Å². The molecule has 0 atom stereocenters. The highest BCUT2D eigenvalue weighted by molar-refractivity contribution is 5.60. The van der Waals surface area contributed by atoms with Gasteiger partial charge in [0.05, 0.1) is 5.69 Å². The van der Waals surface area contributed by atoms with E-state index in [1.165, 1.54) is 18.4 Å². The number of rotatable bonds is 5. The molecule has 20 heavy (non-hydrogen) atoms. The quantitative estimate of drug-likeness (QED) is 0.844. The molecule has 2 rings (SSSR count). The smallest absolute Gasteiger partial charge is 0.211 e. The first kappa shape index (κ1) is 14.6. The van der Waals surface area contributed by atoms with Crippen molar-refractivity contribution in [2.75, 3.05) is 0 Å². The maximum atomic E-state index is 9.50. The summed E-state index contributed by atoms with van der Waals surface area (Å²) in [5.41, 5.74) is 3.57. The monoisotopic (exact) mass is 269 g/mol. The van der Waals surface area contributed by atoms with Gasteiger partial charge in [-0.2, -0.15) is 0 Å². The SMILES string of the molecule is CCC(C)(CC)Cc1cccc(-c2cccc(O)n2)c1. The van der Waals surface area contributed by atoms with Crippen LogP contribution in [0.15, 0.2) is 42.5 Å². The van der Waals surface area contributed by atoms with E-state index in [2.05, 4.69) is 44.0 Å². The predicted octanol–water partition coefficient (Wildman–Crippen LogP) is 4.82. The van der Waals surface area contributed by atoms with E-state index in [0.717, 1.165) is 17.7 Å². The molecule has 1 N–H and O–H groups in total. The Hall–Kier alpha value is -1.83. The number of hydrogen-bond acceptors (Lipinski definition) is 2. The Balaban J connectivity index is 2.29. The van der Waals surface area contributed by atoms with Crippen molar-refractivity contribution in [3.63, 3.8) is 0 Å². The summed E-state index contributed by atoms with van der Waals surface area (Å²) in [5.74, 6) is 0.0693. The van der Waals surface area contributed by atoms with Crippen molar-refractivity contribution in [3.05, 3.63) is 48.0 Å². The van der Waals surface area contributed by atoms with Gasteiger partial charge in [0.25, 0.3) is 0 Å². The van der Waals surface area contributed by atoms with E-state index in [1.807, 2.05) is 18.2 Å². The highest BCUT2D eigenvalue weighted by Crippen LogP contribution is 2.31. The lowest BCUT2D eigenvalue weighted by Crippen LogP contribution is -2.17. The Morgan fingerprint density at radius 2 is 1.75 bits per heavy atom. The fourth-order valence-corrected chi connectivity index (χ4v) is 2.42. The molecule has 0 aliphatic rings. The number of aromatic nitrogens is 1. The standard InChI is InChI=1S/C18H23NO/c1-4-18(3,5-2)13-14-8-6-9-15(12-14)16-10-7-11-17(20)19-16/h6-12H,4-5,13H2,1-3H3,(H,19,20). The largest absolute Gasteiger partial charge is 0.493 e. The van der Waals surface area contributed by atoms with Gasteiger partial charge in [0.1, 0.15) is 0 Å². The van der Waals surface area contributed by atoms with E-state index < -0.39 is 0 Å². The molecular formula is C18H23NO. The van der Waals surface area contributed by atoms with Crippen LogP contribution < -0.4 is 0 Å². The molecule has 0 bridgehead atoms. The van der Waals surface area contributed by atoms with Crippen molar-refractivity contribution in [1.29, 1.82) is 0 Å². The van der Waals surface area contributed by atoms with Crippen molar-refractivity contribution in [1.82, 2.24) is 4.98 Å².